The molecular formula is C11H12N4S2. The van der Waals surface area contributed by atoms with Crippen molar-refractivity contribution in [1.29, 1.82) is 0 Å². The second-order valence-electron chi connectivity index (χ2n) is 3.26. The summed E-state index contributed by atoms with van der Waals surface area (Å²) in [6.45, 7) is 2.29. The van der Waals surface area contributed by atoms with E-state index >= 15 is 0 Å². The van der Waals surface area contributed by atoms with Gasteiger partial charge in [0.05, 0.1) is 11.4 Å². The number of rotatable bonds is 3. The van der Waals surface area contributed by atoms with Crippen LogP contribution in [0.15, 0.2) is 17.3 Å². The normalized spacial score (nSPS) is 10.0. The van der Waals surface area contributed by atoms with E-state index in [2.05, 4.69) is 33.1 Å². The van der Waals surface area contributed by atoms with Crippen molar-refractivity contribution in [2.45, 2.75) is 17.8 Å². The molecule has 0 spiro atoms. The zero-order chi connectivity index (χ0) is 12.1. The van der Waals surface area contributed by atoms with Crippen molar-refractivity contribution in [2.24, 2.45) is 5.73 Å². The van der Waals surface area contributed by atoms with Crippen LogP contribution in [0.2, 0.25) is 0 Å². The van der Waals surface area contributed by atoms with Gasteiger partial charge in [-0.1, -0.05) is 23.6 Å². The average molecular weight is 264 g/mol. The Morgan fingerprint density at radius 3 is 3.12 bits per heavy atom. The second-order valence-corrected chi connectivity index (χ2v) is 5.37. The van der Waals surface area contributed by atoms with Crippen molar-refractivity contribution in [1.82, 2.24) is 15.2 Å². The average Bonchev–Trinajstić information content (AvgIpc) is 2.93. The molecule has 0 amide bonds. The summed E-state index contributed by atoms with van der Waals surface area (Å²) < 4.78 is 0. The number of H-pyrrole nitrogens is 1. The van der Waals surface area contributed by atoms with Gasteiger partial charge in [-0.3, -0.25) is 5.10 Å². The molecule has 2 heterocycles. The largest absolute Gasteiger partial charge is 0.320 e. The number of hydrogen-bond acceptors (Lipinski definition) is 5. The van der Waals surface area contributed by atoms with Gasteiger partial charge >= 0.3 is 0 Å². The summed E-state index contributed by atoms with van der Waals surface area (Å²) in [7, 11) is 0. The van der Waals surface area contributed by atoms with E-state index in [1.54, 1.807) is 23.1 Å². The molecule has 0 atom stereocenters. The van der Waals surface area contributed by atoms with Crippen LogP contribution >= 0.6 is 23.1 Å². The highest BCUT2D eigenvalue weighted by Gasteiger charge is 2.03. The van der Waals surface area contributed by atoms with Crippen molar-refractivity contribution < 1.29 is 0 Å². The van der Waals surface area contributed by atoms with E-state index in [4.69, 9.17) is 5.73 Å². The van der Waals surface area contributed by atoms with Gasteiger partial charge in [-0.2, -0.15) is 0 Å². The van der Waals surface area contributed by atoms with Gasteiger partial charge < -0.3 is 5.73 Å². The van der Waals surface area contributed by atoms with E-state index in [9.17, 15) is 0 Å². The first-order valence-electron chi connectivity index (χ1n) is 5.07. The van der Waals surface area contributed by atoms with Crippen molar-refractivity contribution in [3.05, 3.63) is 27.7 Å². The molecule has 0 bridgehead atoms. The first-order chi connectivity index (χ1) is 8.28. The van der Waals surface area contributed by atoms with Crippen molar-refractivity contribution in [3.63, 3.8) is 0 Å². The number of aromatic nitrogens is 3. The van der Waals surface area contributed by atoms with Crippen molar-refractivity contribution in [2.75, 3.05) is 6.54 Å². The van der Waals surface area contributed by atoms with Crippen LogP contribution in [0.1, 0.15) is 15.6 Å². The molecule has 0 fully saturated rings. The van der Waals surface area contributed by atoms with Gasteiger partial charge in [0.2, 0.25) is 5.16 Å². The predicted octanol–water partition coefficient (Wildman–Crippen LogP) is 1.78. The molecule has 2 aromatic rings. The molecule has 0 aromatic carbocycles. The summed E-state index contributed by atoms with van der Waals surface area (Å²) in [6.07, 6.45) is 0. The highest BCUT2D eigenvalue weighted by atomic mass is 32.2. The Morgan fingerprint density at radius 2 is 2.41 bits per heavy atom. The Bertz CT molecular complexity index is 547. The van der Waals surface area contributed by atoms with Crippen LogP contribution in [-0.2, 0) is 5.75 Å². The van der Waals surface area contributed by atoms with Crippen LogP contribution in [0, 0.1) is 18.8 Å². The summed E-state index contributed by atoms with van der Waals surface area (Å²) in [5.41, 5.74) is 5.33. The van der Waals surface area contributed by atoms with Crippen LogP contribution in [0.4, 0.5) is 0 Å². The summed E-state index contributed by atoms with van der Waals surface area (Å²) in [5, 5.41) is 7.68. The molecular weight excluding hydrogens is 252 g/mol. The maximum atomic E-state index is 5.33. The van der Waals surface area contributed by atoms with Crippen LogP contribution < -0.4 is 5.73 Å². The first kappa shape index (κ1) is 12.2. The van der Waals surface area contributed by atoms with Gasteiger partial charge in [0.15, 0.2) is 0 Å². The minimum absolute atomic E-state index is 0.401. The number of thioether (sulfide) groups is 1. The zero-order valence-electron chi connectivity index (χ0n) is 9.36. The second kappa shape index (κ2) is 5.87. The zero-order valence-corrected chi connectivity index (χ0v) is 11.0. The number of aromatic amines is 1. The third-order valence-corrected chi connectivity index (χ3v) is 3.98. The molecule has 2 rings (SSSR count). The molecule has 3 N–H and O–H groups in total. The van der Waals surface area contributed by atoms with Gasteiger partial charge in [0.1, 0.15) is 5.82 Å². The number of thiophene rings is 1. The molecule has 6 heteroatoms. The topological polar surface area (TPSA) is 67.6 Å². The van der Waals surface area contributed by atoms with Crippen molar-refractivity contribution in [3.8, 4) is 11.8 Å². The predicted molar refractivity (Wildman–Crippen MR) is 70.9 cm³/mol. The smallest absolute Gasteiger partial charge is 0.208 e. The third-order valence-electron chi connectivity index (χ3n) is 1.90. The molecule has 0 unspecified atom stereocenters. The van der Waals surface area contributed by atoms with E-state index in [1.165, 1.54) is 4.88 Å². The van der Waals surface area contributed by atoms with Gasteiger partial charge in [-0.25, -0.2) is 4.98 Å². The van der Waals surface area contributed by atoms with E-state index in [-0.39, 0.29) is 0 Å². The quantitative estimate of drug-likeness (QED) is 0.655. The Balaban J connectivity index is 1.93. The summed E-state index contributed by atoms with van der Waals surface area (Å²) in [4.78, 5) is 6.55. The lowest BCUT2D eigenvalue weighted by Crippen LogP contribution is -1.92. The molecule has 0 aliphatic carbocycles. The van der Waals surface area contributed by atoms with Crippen LogP contribution in [-0.4, -0.2) is 21.7 Å². The van der Waals surface area contributed by atoms with E-state index in [0.717, 1.165) is 21.6 Å². The molecule has 0 radical (unpaired) electrons. The molecule has 0 aliphatic rings. The minimum atomic E-state index is 0.401. The number of nitrogens with two attached hydrogens (primary N) is 1. The van der Waals surface area contributed by atoms with Crippen LogP contribution in [0.5, 0.6) is 0 Å². The fourth-order valence-corrected chi connectivity index (χ4v) is 2.95. The van der Waals surface area contributed by atoms with Gasteiger partial charge in [0.25, 0.3) is 0 Å². The molecule has 2 aromatic heterocycles. The Morgan fingerprint density at radius 1 is 1.53 bits per heavy atom. The lowest BCUT2D eigenvalue weighted by Gasteiger charge is -1.91. The fraction of sp³-hybridized carbons (Fsp3) is 0.273. The van der Waals surface area contributed by atoms with E-state index in [1.807, 2.05) is 13.0 Å². The highest BCUT2D eigenvalue weighted by Crippen LogP contribution is 2.24. The maximum Gasteiger partial charge on any atom is 0.208 e. The fourth-order valence-electron chi connectivity index (χ4n) is 1.18. The third kappa shape index (κ3) is 3.60. The molecule has 4 nitrogen and oxygen atoms in total. The van der Waals surface area contributed by atoms with Crippen molar-refractivity contribution >= 4 is 23.1 Å². The summed E-state index contributed by atoms with van der Waals surface area (Å²) in [6, 6.07) is 4.10. The maximum absolute atomic E-state index is 5.33. The molecule has 0 aliphatic heterocycles. The lowest BCUT2D eigenvalue weighted by molar-refractivity contribution is 0.969. The standard InChI is InChI=1S/C11H12N4S2/c1-8-13-11(15-14-8)16-7-10-5-4-9(17-10)3-2-6-12/h4-5H,6-7,12H2,1H3,(H,13,14,15). The SMILES string of the molecule is Cc1nc(SCc2ccc(C#CCN)s2)n[nH]1. The Labute approximate surface area is 108 Å². The summed E-state index contributed by atoms with van der Waals surface area (Å²) >= 11 is 3.30. The first-order valence-corrected chi connectivity index (χ1v) is 6.87. The Kier molecular flexibility index (Phi) is 4.20. The number of nitrogens with one attached hydrogen (secondary N) is 1. The number of nitrogens with zero attached hydrogens (tertiary/aromatic N) is 2. The monoisotopic (exact) mass is 264 g/mol. The highest BCUT2D eigenvalue weighted by molar-refractivity contribution is 7.98. The lowest BCUT2D eigenvalue weighted by atomic mass is 10.4. The summed E-state index contributed by atoms with van der Waals surface area (Å²) in [5.74, 6) is 7.58. The van der Waals surface area contributed by atoms with Crippen LogP contribution in [0.3, 0.4) is 0 Å². The molecule has 0 saturated heterocycles. The van der Waals surface area contributed by atoms with E-state index < -0.39 is 0 Å². The number of hydrogen-bond donors (Lipinski definition) is 2. The molecule has 17 heavy (non-hydrogen) atoms. The van der Waals surface area contributed by atoms with E-state index in [0.29, 0.717) is 6.54 Å². The van der Waals surface area contributed by atoms with Gasteiger partial charge in [-0.05, 0) is 19.1 Å². The minimum Gasteiger partial charge on any atom is -0.320 e. The molecule has 88 valence electrons. The molecule has 0 saturated carbocycles. The Hall–Kier alpha value is -1.29. The van der Waals surface area contributed by atoms with Gasteiger partial charge in [0, 0.05) is 10.6 Å². The number of aryl methyl sites for hydroxylation is 1. The van der Waals surface area contributed by atoms with Crippen LogP contribution in [0.25, 0.3) is 0 Å². The van der Waals surface area contributed by atoms with Gasteiger partial charge in [-0.15, -0.1) is 16.4 Å².